The Morgan fingerprint density at radius 1 is 1.03 bits per heavy atom. The minimum atomic E-state index is -3.75. The van der Waals surface area contributed by atoms with E-state index in [4.69, 9.17) is 16.3 Å². The average molecular weight is 504 g/mol. The number of benzene rings is 3. The zero-order valence-electron chi connectivity index (χ0n) is 18.6. The fourth-order valence-corrected chi connectivity index (χ4v) is 4.70. The highest BCUT2D eigenvalue weighted by Gasteiger charge is 2.18. The first-order valence-electron chi connectivity index (χ1n) is 10.6. The van der Waals surface area contributed by atoms with Crippen molar-refractivity contribution in [3.05, 3.63) is 88.9 Å². The molecule has 0 bridgehead atoms. The molecule has 3 aromatic rings. The second-order valence-electron chi connectivity index (χ2n) is 7.51. The Labute approximate surface area is 204 Å². The molecule has 0 aliphatic rings. The van der Waals surface area contributed by atoms with E-state index in [1.54, 1.807) is 54.6 Å². The monoisotopic (exact) mass is 503 g/mol. The highest BCUT2D eigenvalue weighted by Crippen LogP contribution is 2.25. The number of aliphatic hydroxyl groups excluding tert-OH is 1. The molecule has 0 radical (unpaired) electrons. The van der Waals surface area contributed by atoms with Crippen LogP contribution < -0.4 is 10.1 Å². The van der Waals surface area contributed by atoms with Crippen molar-refractivity contribution in [3.63, 3.8) is 0 Å². The Morgan fingerprint density at radius 3 is 2.47 bits per heavy atom. The highest BCUT2D eigenvalue weighted by molar-refractivity contribution is 7.91. The van der Waals surface area contributed by atoms with Crippen LogP contribution in [0.15, 0.2) is 82.6 Å². The van der Waals surface area contributed by atoms with Gasteiger partial charge in [-0.15, -0.1) is 0 Å². The van der Waals surface area contributed by atoms with E-state index in [0.29, 0.717) is 24.5 Å². The smallest absolute Gasteiger partial charge is 0.343 e. The lowest BCUT2D eigenvalue weighted by molar-refractivity contribution is -0.142. The number of aliphatic hydroxyl groups is 1. The van der Waals surface area contributed by atoms with Crippen molar-refractivity contribution in [2.45, 2.75) is 22.3 Å². The summed E-state index contributed by atoms with van der Waals surface area (Å²) < 4.78 is 35.8. The highest BCUT2D eigenvalue weighted by atomic mass is 35.5. The zero-order chi connectivity index (χ0) is 24.6. The second-order valence-corrected chi connectivity index (χ2v) is 9.90. The zero-order valence-corrected chi connectivity index (χ0v) is 20.2. The largest absolute Gasteiger partial charge is 0.482 e. The molecule has 0 amide bonds. The molecular formula is C25H26ClNO6S. The van der Waals surface area contributed by atoms with Gasteiger partial charge < -0.3 is 19.9 Å². The summed E-state index contributed by atoms with van der Waals surface area (Å²) in [4.78, 5) is 11.5. The standard InChI is InChI=1S/C25H26ClNO6S/c1-32-25(29)17-33-21-6-3-7-23(15-21)34(30,31)22-10-8-18(9-11-22)12-13-27-16-24(28)19-4-2-5-20(26)14-19/h2-11,14-15,24,27-28H,12-13,16-17H2,1H3/t24-/m0/s1. The lowest BCUT2D eigenvalue weighted by Gasteiger charge is -2.13. The third kappa shape index (κ3) is 7.04. The summed E-state index contributed by atoms with van der Waals surface area (Å²) in [5.74, 6) is -0.300. The van der Waals surface area contributed by atoms with Crippen LogP contribution in [0.1, 0.15) is 17.2 Å². The Hall–Kier alpha value is -2.91. The first-order valence-corrected chi connectivity index (χ1v) is 12.4. The van der Waals surface area contributed by atoms with Gasteiger partial charge in [-0.2, -0.15) is 0 Å². The van der Waals surface area contributed by atoms with E-state index in [2.05, 4.69) is 10.1 Å². The van der Waals surface area contributed by atoms with Crippen molar-refractivity contribution >= 4 is 27.4 Å². The molecule has 180 valence electrons. The van der Waals surface area contributed by atoms with E-state index < -0.39 is 21.9 Å². The van der Waals surface area contributed by atoms with Gasteiger partial charge in [0.25, 0.3) is 0 Å². The number of hydrogen-bond donors (Lipinski definition) is 2. The lowest BCUT2D eigenvalue weighted by Crippen LogP contribution is -2.23. The molecule has 0 heterocycles. The van der Waals surface area contributed by atoms with Crippen LogP contribution in [0.2, 0.25) is 5.02 Å². The first-order chi connectivity index (χ1) is 16.3. The second kappa shape index (κ2) is 12.0. The molecule has 0 saturated carbocycles. The molecule has 34 heavy (non-hydrogen) atoms. The maximum absolute atomic E-state index is 13.0. The number of ether oxygens (including phenoxy) is 2. The molecule has 1 atom stereocenters. The van der Waals surface area contributed by atoms with Gasteiger partial charge >= 0.3 is 5.97 Å². The number of rotatable bonds is 11. The van der Waals surface area contributed by atoms with Crippen molar-refractivity contribution in [1.82, 2.24) is 5.32 Å². The number of esters is 1. The molecule has 0 unspecified atom stereocenters. The van der Waals surface area contributed by atoms with Gasteiger partial charge in [0.05, 0.1) is 23.0 Å². The summed E-state index contributed by atoms with van der Waals surface area (Å²) >= 11 is 5.96. The fraction of sp³-hybridized carbons (Fsp3) is 0.240. The van der Waals surface area contributed by atoms with Crippen LogP contribution in [-0.2, 0) is 25.8 Å². The van der Waals surface area contributed by atoms with Crippen molar-refractivity contribution in [2.75, 3.05) is 26.8 Å². The Bertz CT molecular complexity index is 1210. The third-order valence-corrected chi connectivity index (χ3v) is 7.10. The lowest BCUT2D eigenvalue weighted by atomic mass is 10.1. The van der Waals surface area contributed by atoms with Crippen molar-refractivity contribution < 1.29 is 27.8 Å². The van der Waals surface area contributed by atoms with E-state index in [-0.39, 0.29) is 22.1 Å². The number of nitrogens with one attached hydrogen (secondary N) is 1. The maximum Gasteiger partial charge on any atom is 0.343 e. The topological polar surface area (TPSA) is 102 Å². The van der Waals surface area contributed by atoms with Crippen LogP contribution in [-0.4, -0.2) is 46.3 Å². The van der Waals surface area contributed by atoms with E-state index in [0.717, 1.165) is 11.1 Å². The minimum Gasteiger partial charge on any atom is -0.482 e. The van der Waals surface area contributed by atoms with Crippen LogP contribution in [0.5, 0.6) is 5.75 Å². The van der Waals surface area contributed by atoms with Gasteiger partial charge in [0.1, 0.15) is 5.75 Å². The van der Waals surface area contributed by atoms with Crippen LogP contribution in [0, 0.1) is 0 Å². The van der Waals surface area contributed by atoms with Crippen LogP contribution in [0.3, 0.4) is 0 Å². The summed E-state index contributed by atoms with van der Waals surface area (Å²) in [6.45, 7) is 0.684. The average Bonchev–Trinajstić information content (AvgIpc) is 2.85. The number of sulfone groups is 1. The Kier molecular flexibility index (Phi) is 9.06. The normalized spacial score (nSPS) is 12.2. The minimum absolute atomic E-state index is 0.0688. The van der Waals surface area contributed by atoms with E-state index in [9.17, 15) is 18.3 Å². The fourth-order valence-electron chi connectivity index (χ4n) is 3.21. The molecule has 3 rings (SSSR count). The van der Waals surface area contributed by atoms with Crippen molar-refractivity contribution in [1.29, 1.82) is 0 Å². The number of methoxy groups -OCH3 is 1. The van der Waals surface area contributed by atoms with Crippen LogP contribution >= 0.6 is 11.6 Å². The summed E-state index contributed by atoms with van der Waals surface area (Å²) in [5.41, 5.74) is 1.70. The van der Waals surface area contributed by atoms with E-state index in [1.165, 1.54) is 19.2 Å². The van der Waals surface area contributed by atoms with Gasteiger partial charge in [-0.25, -0.2) is 13.2 Å². The summed E-state index contributed by atoms with van der Waals surface area (Å²) in [7, 11) is -2.50. The summed E-state index contributed by atoms with van der Waals surface area (Å²) in [6, 6.07) is 19.7. The SMILES string of the molecule is COC(=O)COc1cccc(S(=O)(=O)c2ccc(CCNC[C@H](O)c3cccc(Cl)c3)cc2)c1. The van der Waals surface area contributed by atoms with E-state index in [1.807, 2.05) is 6.07 Å². The number of hydrogen-bond acceptors (Lipinski definition) is 7. The van der Waals surface area contributed by atoms with Gasteiger partial charge in [0, 0.05) is 11.6 Å². The van der Waals surface area contributed by atoms with Gasteiger partial charge in [-0.1, -0.05) is 41.9 Å². The van der Waals surface area contributed by atoms with Gasteiger partial charge in [-0.3, -0.25) is 0 Å². The maximum atomic E-state index is 13.0. The molecular weight excluding hydrogens is 478 g/mol. The number of halogens is 1. The molecule has 0 saturated heterocycles. The van der Waals surface area contributed by atoms with Gasteiger partial charge in [0.2, 0.25) is 9.84 Å². The van der Waals surface area contributed by atoms with Crippen LogP contribution in [0.25, 0.3) is 0 Å². The predicted molar refractivity (Wildman–Crippen MR) is 129 cm³/mol. The molecule has 7 nitrogen and oxygen atoms in total. The van der Waals surface area contributed by atoms with E-state index >= 15 is 0 Å². The third-order valence-electron chi connectivity index (χ3n) is 5.10. The molecule has 0 aliphatic carbocycles. The molecule has 0 aromatic heterocycles. The van der Waals surface area contributed by atoms with Crippen molar-refractivity contribution in [3.8, 4) is 5.75 Å². The Morgan fingerprint density at radius 2 is 1.76 bits per heavy atom. The molecule has 0 fully saturated rings. The molecule has 9 heteroatoms. The quantitative estimate of drug-likeness (QED) is 0.304. The van der Waals surface area contributed by atoms with Crippen LogP contribution in [0.4, 0.5) is 0 Å². The summed E-state index contributed by atoms with van der Waals surface area (Å²) in [5, 5.41) is 14.0. The molecule has 2 N–H and O–H groups in total. The molecule has 0 spiro atoms. The molecule has 3 aromatic carbocycles. The van der Waals surface area contributed by atoms with Crippen molar-refractivity contribution in [2.24, 2.45) is 0 Å². The van der Waals surface area contributed by atoms with Gasteiger partial charge in [0.15, 0.2) is 6.61 Å². The Balaban J connectivity index is 1.55. The number of carbonyl (C=O) groups excluding carboxylic acids is 1. The predicted octanol–water partition coefficient (Wildman–Crippen LogP) is 3.59. The number of carbonyl (C=O) groups is 1. The summed E-state index contributed by atoms with van der Waals surface area (Å²) in [6.07, 6.45) is -0.00186. The molecule has 0 aliphatic heterocycles. The van der Waals surface area contributed by atoms with Gasteiger partial charge in [-0.05, 0) is 66.6 Å². The first kappa shape index (κ1) is 25.7.